The SMILES string of the molecule is CCCc1nn(C)c2c(=O)n(C(C)Br)cnc12. The Bertz CT molecular complexity index is 599. The molecule has 0 spiro atoms. The highest BCUT2D eigenvalue weighted by Gasteiger charge is 2.15. The van der Waals surface area contributed by atoms with Gasteiger partial charge in [0, 0.05) is 7.05 Å². The van der Waals surface area contributed by atoms with Crippen molar-refractivity contribution in [3.8, 4) is 0 Å². The van der Waals surface area contributed by atoms with Gasteiger partial charge in [-0.05, 0) is 13.3 Å². The molecule has 0 aliphatic heterocycles. The molecule has 1 atom stereocenters. The van der Waals surface area contributed by atoms with Gasteiger partial charge in [0.15, 0.2) is 5.52 Å². The van der Waals surface area contributed by atoms with Gasteiger partial charge in [0.2, 0.25) is 0 Å². The zero-order valence-electron chi connectivity index (χ0n) is 10.1. The van der Waals surface area contributed by atoms with E-state index >= 15 is 0 Å². The van der Waals surface area contributed by atoms with Crippen molar-refractivity contribution in [3.05, 3.63) is 22.4 Å². The number of aryl methyl sites for hydroxylation is 2. The minimum absolute atomic E-state index is 0.0586. The van der Waals surface area contributed by atoms with E-state index in [0.717, 1.165) is 24.1 Å². The third kappa shape index (κ3) is 2.01. The predicted octanol–water partition coefficient (Wildman–Crippen LogP) is 2.00. The lowest BCUT2D eigenvalue weighted by Gasteiger charge is -2.07. The molecule has 0 aromatic carbocycles. The molecule has 2 heterocycles. The maximum absolute atomic E-state index is 12.2. The maximum atomic E-state index is 12.2. The molecular weight excluding hydrogens is 284 g/mol. The molecule has 17 heavy (non-hydrogen) atoms. The highest BCUT2D eigenvalue weighted by Crippen LogP contribution is 2.16. The first kappa shape index (κ1) is 12.3. The number of rotatable bonds is 3. The Morgan fingerprint density at radius 2 is 2.24 bits per heavy atom. The molecule has 6 heteroatoms. The number of hydrogen-bond donors (Lipinski definition) is 0. The summed E-state index contributed by atoms with van der Waals surface area (Å²) in [6.07, 6.45) is 3.41. The second kappa shape index (κ2) is 4.60. The monoisotopic (exact) mass is 298 g/mol. The van der Waals surface area contributed by atoms with E-state index in [9.17, 15) is 4.79 Å². The summed E-state index contributed by atoms with van der Waals surface area (Å²) in [6.45, 7) is 3.97. The number of halogens is 1. The number of hydrogen-bond acceptors (Lipinski definition) is 3. The molecule has 0 fully saturated rings. The van der Waals surface area contributed by atoms with Gasteiger partial charge in [0.25, 0.3) is 5.56 Å². The molecule has 1 unspecified atom stereocenters. The number of aromatic nitrogens is 4. The summed E-state index contributed by atoms with van der Waals surface area (Å²) in [7, 11) is 1.79. The van der Waals surface area contributed by atoms with Gasteiger partial charge in [-0.25, -0.2) is 4.98 Å². The van der Waals surface area contributed by atoms with Crippen LogP contribution in [-0.4, -0.2) is 19.3 Å². The molecule has 0 saturated carbocycles. The van der Waals surface area contributed by atoms with E-state index in [1.165, 1.54) is 0 Å². The second-order valence-electron chi connectivity index (χ2n) is 4.05. The van der Waals surface area contributed by atoms with Gasteiger partial charge < -0.3 is 0 Å². The highest BCUT2D eigenvalue weighted by molar-refractivity contribution is 9.09. The lowest BCUT2D eigenvalue weighted by atomic mass is 10.2. The average Bonchev–Trinajstić information content (AvgIpc) is 2.57. The van der Waals surface area contributed by atoms with E-state index in [1.54, 1.807) is 22.6 Å². The molecule has 2 aromatic heterocycles. The Morgan fingerprint density at radius 1 is 1.53 bits per heavy atom. The summed E-state index contributed by atoms with van der Waals surface area (Å²) in [5.41, 5.74) is 2.14. The molecule has 2 rings (SSSR count). The lowest BCUT2D eigenvalue weighted by Crippen LogP contribution is -2.22. The van der Waals surface area contributed by atoms with Crippen molar-refractivity contribution in [3.63, 3.8) is 0 Å². The third-order valence-corrected chi connectivity index (χ3v) is 3.15. The third-order valence-electron chi connectivity index (χ3n) is 2.71. The van der Waals surface area contributed by atoms with Gasteiger partial charge in [-0.15, -0.1) is 0 Å². The topological polar surface area (TPSA) is 52.7 Å². The molecule has 0 amide bonds. The van der Waals surface area contributed by atoms with Crippen LogP contribution in [0.1, 0.15) is 30.9 Å². The minimum atomic E-state index is -0.0728. The maximum Gasteiger partial charge on any atom is 0.280 e. The average molecular weight is 299 g/mol. The first-order chi connectivity index (χ1) is 8.06. The van der Waals surface area contributed by atoms with Crippen LogP contribution in [0.5, 0.6) is 0 Å². The van der Waals surface area contributed by atoms with Crippen molar-refractivity contribution >= 4 is 27.0 Å². The molecule has 0 aliphatic rings. The first-order valence-electron chi connectivity index (χ1n) is 5.63. The quantitative estimate of drug-likeness (QED) is 0.815. The summed E-state index contributed by atoms with van der Waals surface area (Å²) in [6, 6.07) is 0. The van der Waals surface area contributed by atoms with Crippen LogP contribution in [0.2, 0.25) is 0 Å². The number of nitrogens with zero attached hydrogens (tertiary/aromatic N) is 4. The zero-order valence-corrected chi connectivity index (χ0v) is 11.7. The van der Waals surface area contributed by atoms with Crippen LogP contribution in [-0.2, 0) is 13.5 Å². The number of alkyl halides is 1. The fourth-order valence-electron chi connectivity index (χ4n) is 1.90. The zero-order chi connectivity index (χ0) is 12.6. The van der Waals surface area contributed by atoms with E-state index in [1.807, 2.05) is 6.92 Å². The molecule has 0 N–H and O–H groups in total. The molecule has 5 nitrogen and oxygen atoms in total. The summed E-state index contributed by atoms with van der Waals surface area (Å²) < 4.78 is 3.18. The standard InChI is InChI=1S/C11H15BrN4O/c1-4-5-8-9-10(15(3)14-8)11(17)16(6-13-9)7(2)12/h6-7H,4-5H2,1-3H3. The smallest absolute Gasteiger partial charge is 0.280 e. The lowest BCUT2D eigenvalue weighted by molar-refractivity contribution is 0.697. The van der Waals surface area contributed by atoms with E-state index < -0.39 is 0 Å². The largest absolute Gasteiger partial charge is 0.284 e. The Kier molecular flexibility index (Phi) is 3.33. The Hall–Kier alpha value is -1.17. The number of fused-ring (bicyclic) bond motifs is 1. The molecule has 0 aliphatic carbocycles. The highest BCUT2D eigenvalue weighted by atomic mass is 79.9. The van der Waals surface area contributed by atoms with Gasteiger partial charge in [-0.3, -0.25) is 14.0 Å². The Balaban J connectivity index is 2.74. The van der Waals surface area contributed by atoms with Gasteiger partial charge in [-0.1, -0.05) is 29.3 Å². The Labute approximate surface area is 108 Å². The van der Waals surface area contributed by atoms with Crippen LogP contribution in [0.15, 0.2) is 11.1 Å². The molecule has 0 bridgehead atoms. The van der Waals surface area contributed by atoms with Crippen LogP contribution in [0.3, 0.4) is 0 Å². The van der Waals surface area contributed by atoms with Crippen LogP contribution in [0, 0.1) is 0 Å². The summed E-state index contributed by atoms with van der Waals surface area (Å²) >= 11 is 3.37. The second-order valence-corrected chi connectivity index (χ2v) is 5.37. The van der Waals surface area contributed by atoms with Crippen molar-refractivity contribution in [1.82, 2.24) is 19.3 Å². The first-order valence-corrected chi connectivity index (χ1v) is 6.54. The van der Waals surface area contributed by atoms with Crippen molar-refractivity contribution in [1.29, 1.82) is 0 Å². The molecular formula is C11H15BrN4O. The fraction of sp³-hybridized carbons (Fsp3) is 0.545. The van der Waals surface area contributed by atoms with Crippen molar-refractivity contribution < 1.29 is 0 Å². The van der Waals surface area contributed by atoms with Crippen LogP contribution in [0.4, 0.5) is 0 Å². The van der Waals surface area contributed by atoms with Crippen LogP contribution < -0.4 is 5.56 Å². The molecule has 0 radical (unpaired) electrons. The van der Waals surface area contributed by atoms with E-state index in [-0.39, 0.29) is 10.5 Å². The van der Waals surface area contributed by atoms with Gasteiger partial charge in [0.1, 0.15) is 5.52 Å². The predicted molar refractivity (Wildman–Crippen MR) is 70.4 cm³/mol. The molecule has 2 aromatic rings. The minimum Gasteiger partial charge on any atom is -0.284 e. The van der Waals surface area contributed by atoms with Crippen LogP contribution >= 0.6 is 15.9 Å². The normalized spacial score (nSPS) is 13.2. The van der Waals surface area contributed by atoms with E-state index in [4.69, 9.17) is 0 Å². The summed E-state index contributed by atoms with van der Waals surface area (Å²) in [5, 5.41) is 4.37. The molecule has 0 saturated heterocycles. The summed E-state index contributed by atoms with van der Waals surface area (Å²) in [4.78, 5) is 16.5. The van der Waals surface area contributed by atoms with Crippen molar-refractivity contribution in [2.45, 2.75) is 31.6 Å². The van der Waals surface area contributed by atoms with Crippen LogP contribution in [0.25, 0.3) is 11.0 Å². The van der Waals surface area contributed by atoms with Gasteiger partial charge >= 0.3 is 0 Å². The fourth-order valence-corrected chi connectivity index (χ4v) is 2.19. The van der Waals surface area contributed by atoms with Gasteiger partial charge in [-0.2, -0.15) is 5.10 Å². The summed E-state index contributed by atoms with van der Waals surface area (Å²) in [5.74, 6) is 0. The molecule has 92 valence electrons. The Morgan fingerprint density at radius 3 is 2.82 bits per heavy atom. The van der Waals surface area contributed by atoms with Crippen molar-refractivity contribution in [2.24, 2.45) is 7.05 Å². The van der Waals surface area contributed by atoms with E-state index in [2.05, 4.69) is 32.9 Å². The van der Waals surface area contributed by atoms with Gasteiger partial charge in [0.05, 0.1) is 17.0 Å². The van der Waals surface area contributed by atoms with E-state index in [0.29, 0.717) is 5.52 Å². The van der Waals surface area contributed by atoms with Crippen molar-refractivity contribution in [2.75, 3.05) is 0 Å².